The van der Waals surface area contributed by atoms with Crippen LogP contribution in [0.15, 0.2) is 59.1 Å². The minimum atomic E-state index is -0.502. The van der Waals surface area contributed by atoms with Gasteiger partial charge in [-0.25, -0.2) is 0 Å². The minimum Gasteiger partial charge on any atom is -0.484 e. The van der Waals surface area contributed by atoms with Gasteiger partial charge in [-0.2, -0.15) is 4.98 Å². The minimum absolute atomic E-state index is 0.00222. The third kappa shape index (κ3) is 5.16. The summed E-state index contributed by atoms with van der Waals surface area (Å²) in [5.74, 6) is 0.741. The zero-order chi connectivity index (χ0) is 20.8. The van der Waals surface area contributed by atoms with Gasteiger partial charge in [0.15, 0.2) is 6.61 Å². The van der Waals surface area contributed by atoms with E-state index in [2.05, 4.69) is 15.5 Å². The zero-order valence-corrected chi connectivity index (χ0v) is 15.9. The van der Waals surface area contributed by atoms with Crippen molar-refractivity contribution in [2.24, 2.45) is 5.92 Å². The second-order valence-corrected chi connectivity index (χ2v) is 6.65. The summed E-state index contributed by atoms with van der Waals surface area (Å²) in [6, 6.07) is 14.4. The highest BCUT2D eigenvalue weighted by atomic mass is 16.6. The lowest BCUT2D eigenvalue weighted by Gasteiger charge is -2.18. The summed E-state index contributed by atoms with van der Waals surface area (Å²) in [7, 11) is 0. The highest BCUT2D eigenvalue weighted by Gasteiger charge is 2.25. The number of benzene rings is 2. The van der Waals surface area contributed by atoms with Gasteiger partial charge in [0.25, 0.3) is 11.6 Å². The molecule has 0 aliphatic heterocycles. The van der Waals surface area contributed by atoms with Crippen LogP contribution in [0.3, 0.4) is 0 Å². The van der Waals surface area contributed by atoms with Gasteiger partial charge in [-0.05, 0) is 18.1 Å². The molecule has 0 radical (unpaired) electrons. The third-order valence-corrected chi connectivity index (χ3v) is 4.14. The predicted octanol–water partition coefficient (Wildman–Crippen LogP) is 3.54. The van der Waals surface area contributed by atoms with Crippen molar-refractivity contribution in [1.29, 1.82) is 0 Å². The number of carbonyl (C=O) groups is 1. The molecule has 1 atom stereocenters. The molecule has 0 aliphatic rings. The van der Waals surface area contributed by atoms with Crippen molar-refractivity contribution in [3.05, 3.63) is 70.6 Å². The first-order valence-electron chi connectivity index (χ1n) is 8.99. The van der Waals surface area contributed by atoms with Crippen molar-refractivity contribution in [2.75, 3.05) is 6.61 Å². The van der Waals surface area contributed by atoms with Gasteiger partial charge in [0, 0.05) is 17.7 Å². The fraction of sp³-hybridized carbons (Fsp3) is 0.250. The Morgan fingerprint density at radius 3 is 2.48 bits per heavy atom. The molecular weight excluding hydrogens is 376 g/mol. The number of nitro groups is 1. The number of carbonyl (C=O) groups excluding carboxylic acids is 1. The topological polar surface area (TPSA) is 120 Å². The molecule has 0 saturated carbocycles. The van der Waals surface area contributed by atoms with Crippen molar-refractivity contribution >= 4 is 11.6 Å². The van der Waals surface area contributed by atoms with Gasteiger partial charge in [-0.15, -0.1) is 0 Å². The Morgan fingerprint density at radius 2 is 1.86 bits per heavy atom. The van der Waals surface area contributed by atoms with E-state index < -0.39 is 11.0 Å². The van der Waals surface area contributed by atoms with E-state index in [1.807, 2.05) is 44.2 Å². The number of nitro benzene ring substituents is 1. The van der Waals surface area contributed by atoms with E-state index >= 15 is 0 Å². The Labute approximate surface area is 166 Å². The number of amides is 1. The third-order valence-electron chi connectivity index (χ3n) is 4.14. The van der Waals surface area contributed by atoms with Gasteiger partial charge >= 0.3 is 0 Å². The largest absolute Gasteiger partial charge is 0.484 e. The summed E-state index contributed by atoms with van der Waals surface area (Å²) in [6.45, 7) is 3.60. The molecular formula is C20H20N4O5. The number of hydrogen-bond donors (Lipinski definition) is 1. The van der Waals surface area contributed by atoms with E-state index in [0.29, 0.717) is 17.5 Å². The molecule has 1 aromatic heterocycles. The Bertz CT molecular complexity index is 970. The molecule has 0 aliphatic carbocycles. The molecule has 0 saturated heterocycles. The molecule has 1 N–H and O–H groups in total. The highest BCUT2D eigenvalue weighted by Crippen LogP contribution is 2.23. The summed E-state index contributed by atoms with van der Waals surface area (Å²) in [5, 5.41) is 17.5. The molecule has 0 bridgehead atoms. The van der Waals surface area contributed by atoms with E-state index in [0.717, 1.165) is 5.56 Å². The molecule has 150 valence electrons. The number of hydrogen-bond acceptors (Lipinski definition) is 7. The fourth-order valence-electron chi connectivity index (χ4n) is 2.61. The van der Waals surface area contributed by atoms with Crippen molar-refractivity contribution in [2.45, 2.75) is 19.9 Å². The molecule has 2 aromatic carbocycles. The summed E-state index contributed by atoms with van der Waals surface area (Å²) < 4.78 is 10.8. The summed E-state index contributed by atoms with van der Waals surface area (Å²) >= 11 is 0. The molecule has 9 nitrogen and oxygen atoms in total. The lowest BCUT2D eigenvalue weighted by atomic mass is 10.0. The van der Waals surface area contributed by atoms with Gasteiger partial charge in [0.2, 0.25) is 11.7 Å². The maximum Gasteiger partial charge on any atom is 0.269 e. The number of nitrogens with one attached hydrogen (secondary N) is 1. The average Bonchev–Trinajstić information content (AvgIpc) is 3.21. The second-order valence-electron chi connectivity index (χ2n) is 6.65. The van der Waals surface area contributed by atoms with Crippen molar-refractivity contribution in [3.63, 3.8) is 0 Å². The van der Waals surface area contributed by atoms with Gasteiger partial charge in [-0.3, -0.25) is 14.9 Å². The number of non-ortho nitro benzene ring substituents is 1. The molecule has 9 heteroatoms. The average molecular weight is 396 g/mol. The second kappa shape index (κ2) is 8.96. The van der Waals surface area contributed by atoms with Gasteiger partial charge in [-0.1, -0.05) is 49.3 Å². The van der Waals surface area contributed by atoms with Crippen LogP contribution >= 0.6 is 0 Å². The van der Waals surface area contributed by atoms with Crippen LogP contribution in [0.4, 0.5) is 5.69 Å². The first-order valence-corrected chi connectivity index (χ1v) is 8.99. The SMILES string of the molecule is CC(C)[C@H](NC(=O)COc1ccc([N+](=O)[O-])cc1)c1nc(-c2ccccc2)no1. The van der Waals surface area contributed by atoms with E-state index in [1.165, 1.54) is 24.3 Å². The molecule has 1 amide bonds. The zero-order valence-electron chi connectivity index (χ0n) is 15.9. The molecule has 0 unspecified atom stereocenters. The molecule has 0 fully saturated rings. The smallest absolute Gasteiger partial charge is 0.269 e. The summed E-state index contributed by atoms with van der Waals surface area (Å²) in [4.78, 5) is 26.9. The predicted molar refractivity (Wildman–Crippen MR) is 104 cm³/mol. The van der Waals surface area contributed by atoms with Crippen LogP contribution < -0.4 is 10.1 Å². The van der Waals surface area contributed by atoms with Crippen LogP contribution in [-0.2, 0) is 4.79 Å². The lowest BCUT2D eigenvalue weighted by Crippen LogP contribution is -2.35. The van der Waals surface area contributed by atoms with Gasteiger partial charge < -0.3 is 14.6 Å². The van der Waals surface area contributed by atoms with Crippen molar-refractivity contribution < 1.29 is 19.0 Å². The standard InChI is InChI=1S/C20H20N4O5/c1-13(2)18(20-22-19(23-29-20)14-6-4-3-5-7-14)21-17(25)12-28-16-10-8-15(9-11-16)24(26)27/h3-11,13,18H,12H2,1-2H3,(H,21,25)/t18-/m0/s1. The van der Waals surface area contributed by atoms with Crippen LogP contribution in [0.1, 0.15) is 25.8 Å². The molecule has 3 rings (SSSR count). The summed E-state index contributed by atoms with van der Waals surface area (Å²) in [5.41, 5.74) is 0.769. The maximum absolute atomic E-state index is 12.3. The fourth-order valence-corrected chi connectivity index (χ4v) is 2.61. The number of ether oxygens (including phenoxy) is 1. The van der Waals surface area contributed by atoms with Gasteiger partial charge in [0.05, 0.1) is 4.92 Å². The quantitative estimate of drug-likeness (QED) is 0.457. The first kappa shape index (κ1) is 20.0. The number of nitrogens with zero attached hydrogens (tertiary/aromatic N) is 3. The first-order chi connectivity index (χ1) is 13.9. The van der Waals surface area contributed by atoms with Gasteiger partial charge in [0.1, 0.15) is 11.8 Å². The molecule has 1 heterocycles. The summed E-state index contributed by atoms with van der Waals surface area (Å²) in [6.07, 6.45) is 0. The van der Waals surface area contributed by atoms with Crippen LogP contribution in [-0.4, -0.2) is 27.6 Å². The van der Waals surface area contributed by atoms with Crippen LogP contribution in [0.5, 0.6) is 5.75 Å². The van der Waals surface area contributed by atoms with Crippen molar-refractivity contribution in [3.8, 4) is 17.1 Å². The van der Waals surface area contributed by atoms with E-state index in [9.17, 15) is 14.9 Å². The van der Waals surface area contributed by atoms with E-state index in [1.54, 1.807) is 0 Å². The molecule has 3 aromatic rings. The Morgan fingerprint density at radius 1 is 1.17 bits per heavy atom. The van der Waals surface area contributed by atoms with Crippen molar-refractivity contribution in [1.82, 2.24) is 15.5 Å². The normalized spacial score (nSPS) is 11.8. The Balaban J connectivity index is 1.62. The molecule has 0 spiro atoms. The lowest BCUT2D eigenvalue weighted by molar-refractivity contribution is -0.384. The number of aromatic nitrogens is 2. The Hall–Kier alpha value is -3.75. The highest BCUT2D eigenvalue weighted by molar-refractivity contribution is 5.78. The van der Waals surface area contributed by atoms with E-state index in [4.69, 9.17) is 9.26 Å². The van der Waals surface area contributed by atoms with Crippen LogP contribution in [0.25, 0.3) is 11.4 Å². The Kier molecular flexibility index (Phi) is 6.18. The molecule has 29 heavy (non-hydrogen) atoms. The number of rotatable bonds is 8. The maximum atomic E-state index is 12.3. The van der Waals surface area contributed by atoms with E-state index in [-0.39, 0.29) is 24.1 Å². The monoisotopic (exact) mass is 396 g/mol. The van der Waals surface area contributed by atoms with Crippen LogP contribution in [0, 0.1) is 16.0 Å². The van der Waals surface area contributed by atoms with Crippen LogP contribution in [0.2, 0.25) is 0 Å².